The van der Waals surface area contributed by atoms with Crippen molar-refractivity contribution in [2.75, 3.05) is 6.38 Å². The molecule has 0 fully saturated rings. The van der Waals surface area contributed by atoms with Crippen molar-refractivity contribution in [1.82, 2.24) is 0 Å². The first kappa shape index (κ1) is 15.7. The maximum atomic E-state index is 13.6. The van der Waals surface area contributed by atoms with Crippen LogP contribution in [0.1, 0.15) is 18.1 Å². The van der Waals surface area contributed by atoms with Crippen molar-refractivity contribution >= 4 is 30.2 Å². The highest BCUT2D eigenvalue weighted by atomic mass is 35.5. The summed E-state index contributed by atoms with van der Waals surface area (Å²) in [4.78, 5) is 14.4. The lowest BCUT2D eigenvalue weighted by atomic mass is 9.79. The van der Waals surface area contributed by atoms with E-state index >= 15 is 0 Å². The number of hydrogen-bond acceptors (Lipinski definition) is 5. The zero-order chi connectivity index (χ0) is 14.6. The number of halogens is 2. The maximum Gasteiger partial charge on any atom is 0.492 e. The summed E-state index contributed by atoms with van der Waals surface area (Å²) in [7, 11) is -1.43. The van der Waals surface area contributed by atoms with E-state index < -0.39 is 31.4 Å². The first-order valence-electron chi connectivity index (χ1n) is 5.10. The van der Waals surface area contributed by atoms with Gasteiger partial charge in [-0.3, -0.25) is 4.79 Å². The molecule has 0 saturated heterocycles. The standard InChI is InChI=1S/C9H8BFO6.CH3Cl/c11-6-2-4(17-15)1-5-9(6)7(3-8(12)13)16-10(5)14;1-2/h1-2,7,14-15H,3H2,(H,12,13);1H3. The summed E-state index contributed by atoms with van der Waals surface area (Å²) in [5.41, 5.74) is 0.0287. The summed E-state index contributed by atoms with van der Waals surface area (Å²) < 4.78 is 18.6. The lowest BCUT2D eigenvalue weighted by molar-refractivity contribution is -0.139. The van der Waals surface area contributed by atoms with Crippen LogP contribution in [0, 0.1) is 5.82 Å². The topological polar surface area (TPSA) is 96.2 Å². The van der Waals surface area contributed by atoms with Crippen molar-refractivity contribution in [3.8, 4) is 5.75 Å². The van der Waals surface area contributed by atoms with Crippen molar-refractivity contribution in [3.05, 3.63) is 23.5 Å². The zero-order valence-corrected chi connectivity index (χ0v) is 10.6. The molecule has 0 amide bonds. The molecule has 6 nitrogen and oxygen atoms in total. The zero-order valence-electron chi connectivity index (χ0n) is 9.84. The minimum atomic E-state index is -1.43. The molecule has 2 rings (SSSR count). The molecule has 19 heavy (non-hydrogen) atoms. The van der Waals surface area contributed by atoms with E-state index in [0.29, 0.717) is 0 Å². The van der Waals surface area contributed by atoms with Gasteiger partial charge in [-0.1, -0.05) is 0 Å². The Bertz CT molecular complexity index is 472. The molecule has 1 unspecified atom stereocenters. The highest BCUT2D eigenvalue weighted by molar-refractivity contribution is 6.61. The molecule has 1 aromatic rings. The number of alkyl halides is 1. The third-order valence-electron chi connectivity index (χ3n) is 2.48. The summed E-state index contributed by atoms with van der Waals surface area (Å²) in [6.45, 7) is 0. The quantitative estimate of drug-likeness (QED) is 0.329. The van der Waals surface area contributed by atoms with Gasteiger partial charge in [0.1, 0.15) is 5.82 Å². The van der Waals surface area contributed by atoms with Crippen molar-refractivity contribution in [1.29, 1.82) is 0 Å². The number of carbonyl (C=O) groups is 1. The molecule has 1 aliphatic heterocycles. The molecular formula is C10H11BClFO6. The van der Waals surface area contributed by atoms with Gasteiger partial charge < -0.3 is 19.7 Å². The number of carboxylic acids is 1. The second-order valence-electron chi connectivity index (χ2n) is 3.57. The van der Waals surface area contributed by atoms with Gasteiger partial charge in [0.05, 0.1) is 12.5 Å². The Labute approximate surface area is 113 Å². The normalized spacial score (nSPS) is 16.5. The Morgan fingerprint density at radius 3 is 2.74 bits per heavy atom. The molecule has 1 atom stereocenters. The van der Waals surface area contributed by atoms with Gasteiger partial charge >= 0.3 is 13.1 Å². The van der Waals surface area contributed by atoms with Gasteiger partial charge in [-0.05, 0) is 11.5 Å². The first-order valence-corrected chi connectivity index (χ1v) is 5.86. The van der Waals surface area contributed by atoms with E-state index in [9.17, 15) is 14.2 Å². The fraction of sp³-hybridized carbons (Fsp3) is 0.300. The van der Waals surface area contributed by atoms with Crippen molar-refractivity contribution in [3.63, 3.8) is 0 Å². The van der Waals surface area contributed by atoms with Crippen LogP contribution in [0.4, 0.5) is 4.39 Å². The van der Waals surface area contributed by atoms with Crippen LogP contribution in [-0.4, -0.2) is 34.9 Å². The van der Waals surface area contributed by atoms with Gasteiger partial charge in [0, 0.05) is 18.0 Å². The second kappa shape index (κ2) is 6.71. The largest absolute Gasteiger partial charge is 0.492 e. The molecule has 104 valence electrons. The number of hydrogen-bond donors (Lipinski definition) is 3. The summed E-state index contributed by atoms with van der Waals surface area (Å²) in [6.07, 6.45) is -0.0365. The van der Waals surface area contributed by atoms with E-state index in [1.807, 2.05) is 0 Å². The summed E-state index contributed by atoms with van der Waals surface area (Å²) in [5, 5.41) is 26.5. The average molecular weight is 292 g/mol. The van der Waals surface area contributed by atoms with Crippen molar-refractivity contribution in [2.45, 2.75) is 12.5 Å². The van der Waals surface area contributed by atoms with Crippen LogP contribution < -0.4 is 10.4 Å². The van der Waals surface area contributed by atoms with Gasteiger partial charge in [0.15, 0.2) is 5.75 Å². The molecule has 3 N–H and O–H groups in total. The summed E-state index contributed by atoms with van der Waals surface area (Å²) >= 11 is 4.64. The third kappa shape index (κ3) is 3.35. The van der Waals surface area contributed by atoms with Crippen LogP contribution in [0.15, 0.2) is 12.1 Å². The highest BCUT2D eigenvalue weighted by Gasteiger charge is 2.39. The van der Waals surface area contributed by atoms with Crippen molar-refractivity contribution < 1.29 is 34.1 Å². The molecule has 1 heterocycles. The Morgan fingerprint density at radius 2 is 2.21 bits per heavy atom. The lowest BCUT2D eigenvalue weighted by Crippen LogP contribution is -2.28. The maximum absolute atomic E-state index is 13.6. The van der Waals surface area contributed by atoms with E-state index in [0.717, 1.165) is 6.07 Å². The van der Waals surface area contributed by atoms with Gasteiger partial charge in [0.2, 0.25) is 0 Å². The molecule has 0 aromatic heterocycles. The van der Waals surface area contributed by atoms with Gasteiger partial charge in [-0.2, -0.15) is 0 Å². The summed E-state index contributed by atoms with van der Waals surface area (Å²) in [6, 6.07) is 2.07. The van der Waals surface area contributed by atoms with E-state index in [-0.39, 0.29) is 16.8 Å². The molecule has 0 aliphatic carbocycles. The minimum absolute atomic E-state index is 0.0271. The Kier molecular flexibility index (Phi) is 5.55. The highest BCUT2D eigenvalue weighted by Crippen LogP contribution is 2.31. The smallest absolute Gasteiger partial charge is 0.481 e. The molecule has 0 saturated carbocycles. The minimum Gasteiger partial charge on any atom is -0.481 e. The molecule has 0 spiro atoms. The van der Waals surface area contributed by atoms with Crippen LogP contribution >= 0.6 is 11.6 Å². The number of aliphatic carboxylic acids is 1. The fourth-order valence-corrected chi connectivity index (χ4v) is 1.82. The van der Waals surface area contributed by atoms with Crippen LogP contribution in [0.3, 0.4) is 0 Å². The number of fused-ring (bicyclic) bond motifs is 1. The molecule has 9 heteroatoms. The predicted octanol–water partition coefficient (Wildman–Crippen LogP) is 0.766. The fourth-order valence-electron chi connectivity index (χ4n) is 1.82. The molecule has 0 radical (unpaired) electrons. The van der Waals surface area contributed by atoms with Gasteiger partial charge in [-0.15, -0.1) is 11.6 Å². The predicted molar refractivity (Wildman–Crippen MR) is 65.1 cm³/mol. The Hall–Kier alpha value is -1.35. The van der Waals surface area contributed by atoms with Crippen LogP contribution in [0.5, 0.6) is 5.75 Å². The molecular weight excluding hydrogens is 281 g/mol. The van der Waals surface area contributed by atoms with Gasteiger partial charge in [-0.25, -0.2) is 9.65 Å². The monoisotopic (exact) mass is 292 g/mol. The van der Waals surface area contributed by atoms with Crippen LogP contribution in [0.25, 0.3) is 0 Å². The van der Waals surface area contributed by atoms with Crippen molar-refractivity contribution in [2.24, 2.45) is 0 Å². The number of benzene rings is 1. The first-order chi connectivity index (χ1) is 9.02. The van der Waals surface area contributed by atoms with Crippen LogP contribution in [0.2, 0.25) is 0 Å². The van der Waals surface area contributed by atoms with E-state index in [1.54, 1.807) is 0 Å². The molecule has 1 aromatic carbocycles. The summed E-state index contributed by atoms with van der Waals surface area (Å²) in [5.74, 6) is -2.16. The lowest BCUT2D eigenvalue weighted by Gasteiger charge is -2.10. The van der Waals surface area contributed by atoms with E-state index in [4.69, 9.17) is 15.0 Å². The molecule has 0 bridgehead atoms. The van der Waals surface area contributed by atoms with E-state index in [1.165, 1.54) is 12.4 Å². The Balaban J connectivity index is 0.000000861. The number of carboxylic acid groups (broad SMARTS) is 1. The van der Waals surface area contributed by atoms with Crippen LogP contribution in [-0.2, 0) is 9.45 Å². The average Bonchev–Trinajstić information content (AvgIpc) is 2.68. The van der Waals surface area contributed by atoms with Gasteiger partial charge in [0.25, 0.3) is 0 Å². The second-order valence-corrected chi connectivity index (χ2v) is 3.57. The molecule has 1 aliphatic rings. The third-order valence-corrected chi connectivity index (χ3v) is 2.48. The van der Waals surface area contributed by atoms with E-state index in [2.05, 4.69) is 16.5 Å². The Morgan fingerprint density at radius 1 is 1.58 bits per heavy atom. The SMILES string of the molecule is CCl.O=C(O)CC1OB(O)c2cc(OO)cc(F)c21. The number of rotatable bonds is 3.